The summed E-state index contributed by atoms with van der Waals surface area (Å²) in [6, 6.07) is 9.54. The maximum atomic E-state index is 12.3. The molecule has 4 rings (SSSR count). The van der Waals surface area contributed by atoms with E-state index in [9.17, 15) is 4.79 Å². The zero-order valence-electron chi connectivity index (χ0n) is 14.5. The van der Waals surface area contributed by atoms with Crippen molar-refractivity contribution in [3.63, 3.8) is 0 Å². The summed E-state index contributed by atoms with van der Waals surface area (Å²) in [5.74, 6) is 2.00. The van der Waals surface area contributed by atoms with Crippen molar-refractivity contribution >= 4 is 11.7 Å². The summed E-state index contributed by atoms with van der Waals surface area (Å²) in [7, 11) is 0. The standard InChI is InChI=1S/C19H22N4O3/c24-19(21-14-4-2-1-3-5-14)15-7-9-18(23-22-15)20-11-13-6-8-16-17(10-13)26-12-25-16/h6-10,14H,1-5,11-12H2,(H,20,23)(H,21,24). The number of benzene rings is 1. The van der Waals surface area contributed by atoms with Crippen molar-refractivity contribution in [2.24, 2.45) is 0 Å². The Bertz CT molecular complexity index is 773. The van der Waals surface area contributed by atoms with Gasteiger partial charge in [-0.15, -0.1) is 10.2 Å². The highest BCUT2D eigenvalue weighted by molar-refractivity contribution is 5.92. The molecule has 136 valence electrons. The van der Waals surface area contributed by atoms with Gasteiger partial charge in [0.05, 0.1) is 0 Å². The van der Waals surface area contributed by atoms with Crippen LogP contribution in [-0.2, 0) is 6.54 Å². The predicted molar refractivity (Wildman–Crippen MR) is 96.3 cm³/mol. The SMILES string of the molecule is O=C(NC1CCCCC1)c1ccc(NCc2ccc3c(c2)OCO3)nn1. The molecule has 1 aliphatic carbocycles. The Hall–Kier alpha value is -2.83. The third-order valence-electron chi connectivity index (χ3n) is 4.75. The molecule has 2 aliphatic rings. The van der Waals surface area contributed by atoms with Crippen LogP contribution in [0.5, 0.6) is 11.5 Å². The van der Waals surface area contributed by atoms with Crippen LogP contribution >= 0.6 is 0 Å². The number of amides is 1. The molecular weight excluding hydrogens is 332 g/mol. The smallest absolute Gasteiger partial charge is 0.272 e. The van der Waals surface area contributed by atoms with E-state index in [2.05, 4.69) is 20.8 Å². The summed E-state index contributed by atoms with van der Waals surface area (Å²) in [5.41, 5.74) is 1.40. The number of ether oxygens (including phenoxy) is 2. The molecule has 2 N–H and O–H groups in total. The molecule has 0 atom stereocenters. The minimum absolute atomic E-state index is 0.147. The molecule has 1 aromatic carbocycles. The number of fused-ring (bicyclic) bond motifs is 1. The quantitative estimate of drug-likeness (QED) is 0.859. The summed E-state index contributed by atoms with van der Waals surface area (Å²) < 4.78 is 10.7. The van der Waals surface area contributed by atoms with Crippen LogP contribution in [0.1, 0.15) is 48.2 Å². The van der Waals surface area contributed by atoms with Crippen LogP contribution in [-0.4, -0.2) is 28.9 Å². The van der Waals surface area contributed by atoms with Crippen molar-refractivity contribution in [3.8, 4) is 11.5 Å². The number of hydrogen-bond donors (Lipinski definition) is 2. The van der Waals surface area contributed by atoms with Gasteiger partial charge in [0.2, 0.25) is 6.79 Å². The molecule has 1 saturated carbocycles. The summed E-state index contributed by atoms with van der Waals surface area (Å²) in [6.07, 6.45) is 5.72. The lowest BCUT2D eigenvalue weighted by molar-refractivity contribution is 0.0921. The van der Waals surface area contributed by atoms with Crippen LogP contribution in [0.15, 0.2) is 30.3 Å². The molecule has 2 heterocycles. The zero-order valence-corrected chi connectivity index (χ0v) is 14.5. The normalized spacial score (nSPS) is 16.3. The van der Waals surface area contributed by atoms with Crippen LogP contribution < -0.4 is 20.1 Å². The Morgan fingerprint density at radius 2 is 1.88 bits per heavy atom. The molecule has 1 amide bonds. The van der Waals surface area contributed by atoms with E-state index in [4.69, 9.17) is 9.47 Å². The second kappa shape index (κ2) is 7.59. The Kier molecular flexibility index (Phi) is 4.86. The van der Waals surface area contributed by atoms with Crippen molar-refractivity contribution in [2.75, 3.05) is 12.1 Å². The third-order valence-corrected chi connectivity index (χ3v) is 4.75. The summed E-state index contributed by atoms with van der Waals surface area (Å²) >= 11 is 0. The van der Waals surface area contributed by atoms with Crippen molar-refractivity contribution < 1.29 is 14.3 Å². The molecular formula is C19H22N4O3. The fourth-order valence-corrected chi connectivity index (χ4v) is 3.30. The summed E-state index contributed by atoms with van der Waals surface area (Å²) in [6.45, 7) is 0.848. The van der Waals surface area contributed by atoms with E-state index in [1.54, 1.807) is 12.1 Å². The van der Waals surface area contributed by atoms with Gasteiger partial charge in [0, 0.05) is 12.6 Å². The highest BCUT2D eigenvalue weighted by Crippen LogP contribution is 2.32. The van der Waals surface area contributed by atoms with Gasteiger partial charge in [-0.05, 0) is 42.7 Å². The Morgan fingerprint density at radius 3 is 2.69 bits per heavy atom. The molecule has 0 bridgehead atoms. The van der Waals surface area contributed by atoms with E-state index >= 15 is 0 Å². The van der Waals surface area contributed by atoms with E-state index in [0.29, 0.717) is 18.1 Å². The minimum Gasteiger partial charge on any atom is -0.454 e. The first-order valence-electron chi connectivity index (χ1n) is 9.05. The van der Waals surface area contributed by atoms with E-state index < -0.39 is 0 Å². The van der Waals surface area contributed by atoms with E-state index in [1.165, 1.54) is 19.3 Å². The van der Waals surface area contributed by atoms with E-state index in [-0.39, 0.29) is 18.7 Å². The maximum Gasteiger partial charge on any atom is 0.272 e. The lowest BCUT2D eigenvalue weighted by atomic mass is 9.95. The van der Waals surface area contributed by atoms with Gasteiger partial charge in [-0.1, -0.05) is 25.3 Å². The van der Waals surface area contributed by atoms with Gasteiger partial charge in [-0.2, -0.15) is 0 Å². The summed E-state index contributed by atoms with van der Waals surface area (Å²) in [5, 5.41) is 14.4. The van der Waals surface area contributed by atoms with E-state index in [1.807, 2.05) is 18.2 Å². The molecule has 26 heavy (non-hydrogen) atoms. The third kappa shape index (κ3) is 3.87. The van der Waals surface area contributed by atoms with Gasteiger partial charge >= 0.3 is 0 Å². The molecule has 1 fully saturated rings. The molecule has 0 spiro atoms. The first-order chi connectivity index (χ1) is 12.8. The topological polar surface area (TPSA) is 85.4 Å². The molecule has 0 saturated heterocycles. The van der Waals surface area contributed by atoms with Gasteiger partial charge in [0.15, 0.2) is 17.2 Å². The number of carbonyl (C=O) groups excluding carboxylic acids is 1. The Morgan fingerprint density at radius 1 is 1.04 bits per heavy atom. The van der Waals surface area contributed by atoms with Crippen molar-refractivity contribution in [2.45, 2.75) is 44.7 Å². The number of carbonyl (C=O) groups is 1. The summed E-state index contributed by atoms with van der Waals surface area (Å²) in [4.78, 5) is 12.3. The molecule has 7 heteroatoms. The Balaban J connectivity index is 1.31. The molecule has 0 unspecified atom stereocenters. The maximum absolute atomic E-state index is 12.3. The van der Waals surface area contributed by atoms with Gasteiger partial charge in [0.1, 0.15) is 5.82 Å². The molecule has 1 aromatic heterocycles. The molecule has 0 radical (unpaired) electrons. The number of aromatic nitrogens is 2. The second-order valence-corrected chi connectivity index (χ2v) is 6.65. The predicted octanol–water partition coefficient (Wildman–Crippen LogP) is 2.88. The largest absolute Gasteiger partial charge is 0.454 e. The highest BCUT2D eigenvalue weighted by atomic mass is 16.7. The van der Waals surface area contributed by atoms with Crippen molar-refractivity contribution in [1.29, 1.82) is 0 Å². The molecule has 1 aliphatic heterocycles. The van der Waals surface area contributed by atoms with Crippen molar-refractivity contribution in [3.05, 3.63) is 41.6 Å². The van der Waals surface area contributed by atoms with Crippen LogP contribution in [0.4, 0.5) is 5.82 Å². The number of nitrogens with zero attached hydrogens (tertiary/aromatic N) is 2. The first kappa shape index (κ1) is 16.6. The highest BCUT2D eigenvalue weighted by Gasteiger charge is 2.17. The number of rotatable bonds is 5. The number of anilines is 1. The monoisotopic (exact) mass is 354 g/mol. The van der Waals surface area contributed by atoms with Crippen molar-refractivity contribution in [1.82, 2.24) is 15.5 Å². The molecule has 7 nitrogen and oxygen atoms in total. The van der Waals surface area contributed by atoms with Gasteiger partial charge in [-0.3, -0.25) is 4.79 Å². The fraction of sp³-hybridized carbons (Fsp3) is 0.421. The van der Waals surface area contributed by atoms with Crippen LogP contribution in [0, 0.1) is 0 Å². The van der Waals surface area contributed by atoms with Gasteiger partial charge in [0.25, 0.3) is 5.91 Å². The Labute approximate surface area is 152 Å². The average molecular weight is 354 g/mol. The average Bonchev–Trinajstić information content (AvgIpc) is 3.15. The lowest BCUT2D eigenvalue weighted by Crippen LogP contribution is -2.36. The molecule has 2 aromatic rings. The lowest BCUT2D eigenvalue weighted by Gasteiger charge is -2.22. The van der Waals surface area contributed by atoms with Gasteiger partial charge < -0.3 is 20.1 Å². The van der Waals surface area contributed by atoms with Crippen LogP contribution in [0.25, 0.3) is 0 Å². The number of nitrogens with one attached hydrogen (secondary N) is 2. The first-order valence-corrected chi connectivity index (χ1v) is 9.05. The van der Waals surface area contributed by atoms with Crippen LogP contribution in [0.2, 0.25) is 0 Å². The minimum atomic E-state index is -0.147. The number of hydrogen-bond acceptors (Lipinski definition) is 6. The zero-order chi connectivity index (χ0) is 17.8. The van der Waals surface area contributed by atoms with Crippen LogP contribution in [0.3, 0.4) is 0 Å². The van der Waals surface area contributed by atoms with Gasteiger partial charge in [-0.25, -0.2) is 0 Å². The fourth-order valence-electron chi connectivity index (χ4n) is 3.30. The van der Waals surface area contributed by atoms with E-state index in [0.717, 1.165) is 29.9 Å². The second-order valence-electron chi connectivity index (χ2n) is 6.65.